The molecule has 0 aromatic heterocycles. The maximum absolute atomic E-state index is 8.93. The maximum Gasteiger partial charge on any atom is 0.163 e. The summed E-state index contributed by atoms with van der Waals surface area (Å²) in [5.74, 6) is 0. The Hall–Kier alpha value is -0.603. The van der Waals surface area contributed by atoms with Crippen LogP contribution in [0, 0.1) is 0 Å². The minimum absolute atomic E-state index is 0.404. The van der Waals surface area contributed by atoms with Gasteiger partial charge in [-0.1, -0.05) is 37.3 Å². The van der Waals surface area contributed by atoms with E-state index in [1.165, 1.54) is 5.56 Å². The first kappa shape index (κ1) is 7.50. The van der Waals surface area contributed by atoms with Gasteiger partial charge in [0.15, 0.2) is 9.76 Å². The highest BCUT2D eigenvalue weighted by atomic mass is 28.2. The third-order valence-electron chi connectivity index (χ3n) is 1.64. The van der Waals surface area contributed by atoms with E-state index in [9.17, 15) is 0 Å². The third kappa shape index (κ3) is 1.69. The Morgan fingerprint density at radius 3 is 2.40 bits per heavy atom. The number of hydrogen-bond donors (Lipinski definition) is 1. The van der Waals surface area contributed by atoms with Crippen molar-refractivity contribution in [3.05, 3.63) is 35.9 Å². The largest absolute Gasteiger partial charge is 0.438 e. The van der Waals surface area contributed by atoms with Crippen LogP contribution in [0.15, 0.2) is 30.3 Å². The van der Waals surface area contributed by atoms with Gasteiger partial charge < -0.3 is 4.80 Å². The van der Waals surface area contributed by atoms with Crippen LogP contribution in [0.5, 0.6) is 0 Å². The molecule has 0 saturated heterocycles. The van der Waals surface area contributed by atoms with Crippen molar-refractivity contribution < 1.29 is 4.80 Å². The summed E-state index contributed by atoms with van der Waals surface area (Å²) in [5, 5.41) is 0. The van der Waals surface area contributed by atoms with Crippen molar-refractivity contribution >= 4 is 9.76 Å². The molecule has 1 N–H and O–H groups in total. The zero-order chi connectivity index (χ0) is 7.40. The van der Waals surface area contributed by atoms with Gasteiger partial charge in [-0.05, 0) is 11.1 Å². The van der Waals surface area contributed by atoms with Gasteiger partial charge in [0, 0.05) is 0 Å². The lowest BCUT2D eigenvalue weighted by atomic mass is 10.2. The predicted molar refractivity (Wildman–Crippen MR) is 45.6 cm³/mol. The molecule has 1 rings (SSSR count). The SMILES string of the molecule is CC([SiH2]O)c1ccccc1. The molecule has 0 radical (unpaired) electrons. The van der Waals surface area contributed by atoms with E-state index in [1.54, 1.807) is 0 Å². The topological polar surface area (TPSA) is 20.2 Å². The Morgan fingerprint density at radius 2 is 1.90 bits per heavy atom. The van der Waals surface area contributed by atoms with Gasteiger partial charge in [0.1, 0.15) is 0 Å². The number of hydrogen-bond acceptors (Lipinski definition) is 1. The Balaban J connectivity index is 2.75. The molecule has 10 heavy (non-hydrogen) atoms. The summed E-state index contributed by atoms with van der Waals surface area (Å²) < 4.78 is 0. The molecule has 0 bridgehead atoms. The van der Waals surface area contributed by atoms with Crippen LogP contribution in [-0.2, 0) is 0 Å². The first-order valence-electron chi connectivity index (χ1n) is 3.50. The van der Waals surface area contributed by atoms with Crippen molar-refractivity contribution in [2.75, 3.05) is 0 Å². The zero-order valence-electron chi connectivity index (χ0n) is 6.12. The number of benzene rings is 1. The van der Waals surface area contributed by atoms with Gasteiger partial charge in [-0.2, -0.15) is 0 Å². The van der Waals surface area contributed by atoms with Gasteiger partial charge in [0.25, 0.3) is 0 Å². The summed E-state index contributed by atoms with van der Waals surface area (Å²) in [7, 11) is -0.860. The minimum atomic E-state index is -0.860. The highest BCUT2D eigenvalue weighted by Crippen LogP contribution is 2.10. The lowest BCUT2D eigenvalue weighted by Gasteiger charge is -2.05. The molecule has 1 nitrogen and oxygen atoms in total. The molecule has 0 spiro atoms. The summed E-state index contributed by atoms with van der Waals surface area (Å²) in [6.07, 6.45) is 0. The fourth-order valence-corrected chi connectivity index (χ4v) is 1.37. The second-order valence-electron chi connectivity index (χ2n) is 2.49. The molecule has 1 aromatic carbocycles. The van der Waals surface area contributed by atoms with Crippen molar-refractivity contribution in [3.63, 3.8) is 0 Å². The van der Waals surface area contributed by atoms with Gasteiger partial charge in [-0.25, -0.2) is 0 Å². The maximum atomic E-state index is 8.93. The minimum Gasteiger partial charge on any atom is -0.438 e. The van der Waals surface area contributed by atoms with Crippen molar-refractivity contribution in [1.82, 2.24) is 0 Å². The van der Waals surface area contributed by atoms with Crippen LogP contribution in [0.2, 0.25) is 0 Å². The van der Waals surface area contributed by atoms with E-state index in [2.05, 4.69) is 19.1 Å². The average Bonchev–Trinajstić information content (AvgIpc) is 2.05. The molecule has 1 unspecified atom stereocenters. The van der Waals surface area contributed by atoms with Gasteiger partial charge >= 0.3 is 0 Å². The molecule has 0 aliphatic carbocycles. The van der Waals surface area contributed by atoms with Crippen molar-refractivity contribution in [2.24, 2.45) is 0 Å². The first-order chi connectivity index (χ1) is 4.84. The average molecular weight is 152 g/mol. The fourth-order valence-electron chi connectivity index (χ4n) is 0.887. The fraction of sp³-hybridized carbons (Fsp3) is 0.250. The van der Waals surface area contributed by atoms with E-state index < -0.39 is 9.76 Å². The van der Waals surface area contributed by atoms with Crippen LogP contribution >= 0.6 is 0 Å². The van der Waals surface area contributed by atoms with Gasteiger partial charge in [-0.15, -0.1) is 0 Å². The molecule has 1 atom stereocenters. The van der Waals surface area contributed by atoms with E-state index in [4.69, 9.17) is 4.80 Å². The van der Waals surface area contributed by atoms with Gasteiger partial charge in [0.05, 0.1) is 0 Å². The lowest BCUT2D eigenvalue weighted by molar-refractivity contribution is 0.587. The third-order valence-corrected chi connectivity index (χ3v) is 2.66. The van der Waals surface area contributed by atoms with Crippen molar-refractivity contribution in [1.29, 1.82) is 0 Å². The predicted octanol–water partition coefficient (Wildman–Crippen LogP) is 0.824. The molecule has 0 aliphatic rings. The van der Waals surface area contributed by atoms with Crippen LogP contribution < -0.4 is 0 Å². The molecular formula is C8H12OSi. The first-order valence-corrected chi connectivity index (χ1v) is 4.95. The molecule has 1 aromatic rings. The summed E-state index contributed by atoms with van der Waals surface area (Å²) in [6, 6.07) is 10.1. The second kappa shape index (κ2) is 3.54. The molecule has 0 heterocycles. The highest BCUT2D eigenvalue weighted by Gasteiger charge is 2.01. The Labute approximate surface area is 63.7 Å². The number of rotatable bonds is 2. The molecule has 54 valence electrons. The van der Waals surface area contributed by atoms with Crippen LogP contribution in [0.3, 0.4) is 0 Å². The van der Waals surface area contributed by atoms with Gasteiger partial charge in [0.2, 0.25) is 0 Å². The molecule has 0 fully saturated rings. The quantitative estimate of drug-likeness (QED) is 0.622. The van der Waals surface area contributed by atoms with Crippen molar-refractivity contribution in [2.45, 2.75) is 12.5 Å². The zero-order valence-corrected chi connectivity index (χ0v) is 7.53. The second-order valence-corrected chi connectivity index (χ2v) is 4.08. The molecule has 0 aliphatic heterocycles. The Bertz CT molecular complexity index is 186. The van der Waals surface area contributed by atoms with Crippen LogP contribution in [0.4, 0.5) is 0 Å². The monoisotopic (exact) mass is 152 g/mol. The van der Waals surface area contributed by atoms with E-state index in [0.29, 0.717) is 5.54 Å². The van der Waals surface area contributed by atoms with E-state index in [1.807, 2.05) is 18.2 Å². The van der Waals surface area contributed by atoms with E-state index in [-0.39, 0.29) is 0 Å². The molecule has 0 saturated carbocycles. The summed E-state index contributed by atoms with van der Waals surface area (Å²) in [4.78, 5) is 8.93. The molecule has 2 heteroatoms. The Kier molecular flexibility index (Phi) is 2.65. The van der Waals surface area contributed by atoms with Crippen LogP contribution in [0.25, 0.3) is 0 Å². The van der Waals surface area contributed by atoms with Crippen molar-refractivity contribution in [3.8, 4) is 0 Å². The molecule has 0 amide bonds. The summed E-state index contributed by atoms with van der Waals surface area (Å²) in [5.41, 5.74) is 1.66. The smallest absolute Gasteiger partial charge is 0.163 e. The van der Waals surface area contributed by atoms with E-state index in [0.717, 1.165) is 0 Å². The summed E-state index contributed by atoms with van der Waals surface area (Å²) in [6.45, 7) is 2.07. The highest BCUT2D eigenvalue weighted by molar-refractivity contribution is 6.27. The van der Waals surface area contributed by atoms with Gasteiger partial charge in [-0.3, -0.25) is 0 Å². The summed E-state index contributed by atoms with van der Waals surface area (Å²) >= 11 is 0. The van der Waals surface area contributed by atoms with E-state index >= 15 is 0 Å². The van der Waals surface area contributed by atoms with Crippen LogP contribution in [0.1, 0.15) is 18.0 Å². The molecular weight excluding hydrogens is 140 g/mol. The lowest BCUT2D eigenvalue weighted by Crippen LogP contribution is -2.01. The Morgan fingerprint density at radius 1 is 1.30 bits per heavy atom. The normalized spacial score (nSPS) is 14.2. The standard InChI is InChI=1S/C8H12OSi/c1-7(10-9)8-5-3-2-4-6-8/h2-7,9H,10H2,1H3. The van der Waals surface area contributed by atoms with Crippen LogP contribution in [-0.4, -0.2) is 14.6 Å².